The van der Waals surface area contributed by atoms with Crippen LogP contribution in [0.1, 0.15) is 56.0 Å². The minimum Gasteiger partial charge on any atom is -0.378 e. The topological polar surface area (TPSA) is 21.3 Å². The zero-order valence-electron chi connectivity index (χ0n) is 13.1. The van der Waals surface area contributed by atoms with E-state index in [1.807, 2.05) is 0 Å². The number of hydrogen-bond donors (Lipinski definition) is 1. The summed E-state index contributed by atoms with van der Waals surface area (Å²) in [4.78, 5) is 0. The SMILES string of the molecule is Cc1cc(C(C)(C)C)cc(C)c1C1COCC(C)N1. The van der Waals surface area contributed by atoms with Crippen molar-refractivity contribution in [1.29, 1.82) is 0 Å². The van der Waals surface area contributed by atoms with E-state index in [2.05, 4.69) is 59.0 Å². The molecule has 2 rings (SSSR count). The fourth-order valence-corrected chi connectivity index (χ4v) is 2.93. The van der Waals surface area contributed by atoms with E-state index in [9.17, 15) is 0 Å². The highest BCUT2D eigenvalue weighted by Gasteiger charge is 2.24. The summed E-state index contributed by atoms with van der Waals surface area (Å²) >= 11 is 0. The summed E-state index contributed by atoms with van der Waals surface area (Å²) in [7, 11) is 0. The second-order valence-corrected chi connectivity index (χ2v) is 6.93. The van der Waals surface area contributed by atoms with Crippen LogP contribution in [0.2, 0.25) is 0 Å². The molecule has 0 aromatic heterocycles. The third-order valence-corrected chi connectivity index (χ3v) is 3.95. The molecule has 1 N–H and O–H groups in total. The number of ether oxygens (including phenoxy) is 1. The van der Waals surface area contributed by atoms with Gasteiger partial charge in [-0.15, -0.1) is 0 Å². The smallest absolute Gasteiger partial charge is 0.0662 e. The molecule has 1 aromatic rings. The molecule has 0 amide bonds. The largest absolute Gasteiger partial charge is 0.378 e. The minimum atomic E-state index is 0.206. The third kappa shape index (κ3) is 3.18. The summed E-state index contributed by atoms with van der Waals surface area (Å²) in [5.74, 6) is 0. The Morgan fingerprint density at radius 3 is 2.16 bits per heavy atom. The fourth-order valence-electron chi connectivity index (χ4n) is 2.93. The highest BCUT2D eigenvalue weighted by Crippen LogP contribution is 2.30. The highest BCUT2D eigenvalue weighted by atomic mass is 16.5. The van der Waals surface area contributed by atoms with Crippen LogP contribution in [0.4, 0.5) is 0 Å². The second kappa shape index (κ2) is 5.26. The van der Waals surface area contributed by atoms with Crippen LogP contribution in [-0.2, 0) is 10.2 Å². The molecule has 0 aliphatic carbocycles. The molecule has 1 fully saturated rings. The number of nitrogens with one attached hydrogen (secondary N) is 1. The first kappa shape index (κ1) is 14.5. The van der Waals surface area contributed by atoms with Gasteiger partial charge in [0.25, 0.3) is 0 Å². The van der Waals surface area contributed by atoms with Gasteiger partial charge in [-0.25, -0.2) is 0 Å². The van der Waals surface area contributed by atoms with Gasteiger partial charge in [0.2, 0.25) is 0 Å². The van der Waals surface area contributed by atoms with Crippen molar-refractivity contribution < 1.29 is 4.74 Å². The second-order valence-electron chi connectivity index (χ2n) is 6.93. The van der Waals surface area contributed by atoms with E-state index in [1.54, 1.807) is 0 Å². The van der Waals surface area contributed by atoms with Crippen LogP contribution < -0.4 is 5.32 Å². The number of morpholine rings is 1. The normalized spacial score (nSPS) is 24.5. The molecule has 1 aliphatic rings. The molecule has 1 saturated heterocycles. The Hall–Kier alpha value is -0.860. The lowest BCUT2D eigenvalue weighted by atomic mass is 9.82. The Labute approximate surface area is 117 Å². The van der Waals surface area contributed by atoms with Gasteiger partial charge >= 0.3 is 0 Å². The highest BCUT2D eigenvalue weighted by molar-refractivity contribution is 5.42. The van der Waals surface area contributed by atoms with E-state index in [0.29, 0.717) is 12.1 Å². The first-order valence-electron chi connectivity index (χ1n) is 7.24. The molecular formula is C17H27NO. The van der Waals surface area contributed by atoms with Crippen LogP contribution in [0.5, 0.6) is 0 Å². The molecule has 1 heterocycles. The number of benzene rings is 1. The molecule has 0 spiro atoms. The number of hydrogen-bond acceptors (Lipinski definition) is 2. The van der Waals surface area contributed by atoms with Gasteiger partial charge in [0.05, 0.1) is 19.3 Å². The minimum absolute atomic E-state index is 0.206. The molecule has 0 saturated carbocycles. The van der Waals surface area contributed by atoms with Crippen molar-refractivity contribution in [3.63, 3.8) is 0 Å². The lowest BCUT2D eigenvalue weighted by molar-refractivity contribution is 0.0500. The summed E-state index contributed by atoms with van der Waals surface area (Å²) in [6.07, 6.45) is 0. The van der Waals surface area contributed by atoms with Gasteiger partial charge in [-0.1, -0.05) is 32.9 Å². The van der Waals surface area contributed by atoms with Gasteiger partial charge in [0, 0.05) is 6.04 Å². The molecule has 2 unspecified atom stereocenters. The van der Waals surface area contributed by atoms with Crippen LogP contribution in [0.3, 0.4) is 0 Å². The lowest BCUT2D eigenvalue weighted by Gasteiger charge is -2.32. The van der Waals surface area contributed by atoms with Crippen molar-refractivity contribution in [2.24, 2.45) is 0 Å². The van der Waals surface area contributed by atoms with Gasteiger partial charge in [-0.2, -0.15) is 0 Å². The van der Waals surface area contributed by atoms with E-state index < -0.39 is 0 Å². The van der Waals surface area contributed by atoms with Crippen molar-refractivity contribution in [3.05, 3.63) is 34.4 Å². The van der Waals surface area contributed by atoms with E-state index in [4.69, 9.17) is 4.74 Å². The lowest BCUT2D eigenvalue weighted by Crippen LogP contribution is -2.42. The molecule has 1 aliphatic heterocycles. The van der Waals surface area contributed by atoms with Gasteiger partial charge in [-0.3, -0.25) is 0 Å². The maximum Gasteiger partial charge on any atom is 0.0662 e. The van der Waals surface area contributed by atoms with Crippen LogP contribution in [0.15, 0.2) is 12.1 Å². The van der Waals surface area contributed by atoms with Gasteiger partial charge in [0.1, 0.15) is 0 Å². The molecule has 0 bridgehead atoms. The Bertz CT molecular complexity index is 436. The van der Waals surface area contributed by atoms with E-state index in [-0.39, 0.29) is 5.41 Å². The summed E-state index contributed by atoms with van der Waals surface area (Å²) < 4.78 is 5.69. The van der Waals surface area contributed by atoms with Crippen LogP contribution >= 0.6 is 0 Å². The Morgan fingerprint density at radius 1 is 1.11 bits per heavy atom. The average molecular weight is 261 g/mol. The van der Waals surface area contributed by atoms with Crippen LogP contribution in [0.25, 0.3) is 0 Å². The zero-order chi connectivity index (χ0) is 14.2. The van der Waals surface area contributed by atoms with E-state index >= 15 is 0 Å². The van der Waals surface area contributed by atoms with Crippen molar-refractivity contribution in [1.82, 2.24) is 5.32 Å². The first-order chi connectivity index (χ1) is 8.79. The Morgan fingerprint density at radius 2 is 1.68 bits per heavy atom. The van der Waals surface area contributed by atoms with Crippen molar-refractivity contribution in [2.75, 3.05) is 13.2 Å². The molecule has 106 valence electrons. The Balaban J connectivity index is 2.36. The fraction of sp³-hybridized carbons (Fsp3) is 0.647. The Kier molecular flexibility index (Phi) is 4.03. The maximum atomic E-state index is 5.69. The van der Waals surface area contributed by atoms with Crippen molar-refractivity contribution >= 4 is 0 Å². The summed E-state index contributed by atoms with van der Waals surface area (Å²) in [5.41, 5.74) is 5.79. The maximum absolute atomic E-state index is 5.69. The summed E-state index contributed by atoms with van der Waals surface area (Å²) in [6, 6.07) is 5.43. The van der Waals surface area contributed by atoms with Crippen molar-refractivity contribution in [2.45, 2.75) is 59.0 Å². The predicted octanol–water partition coefficient (Wildman–Crippen LogP) is 3.65. The first-order valence-corrected chi connectivity index (χ1v) is 7.24. The number of aryl methyl sites for hydroxylation is 2. The molecule has 2 atom stereocenters. The van der Waals surface area contributed by atoms with Gasteiger partial charge < -0.3 is 10.1 Å². The van der Waals surface area contributed by atoms with Crippen molar-refractivity contribution in [3.8, 4) is 0 Å². The summed E-state index contributed by atoms with van der Waals surface area (Å²) in [5, 5.41) is 3.65. The quantitative estimate of drug-likeness (QED) is 0.833. The van der Waals surface area contributed by atoms with Crippen LogP contribution in [-0.4, -0.2) is 19.3 Å². The van der Waals surface area contributed by atoms with Crippen LogP contribution in [0, 0.1) is 13.8 Å². The van der Waals surface area contributed by atoms with Gasteiger partial charge in [-0.05, 0) is 48.4 Å². The standard InChI is InChI=1S/C17H27NO/c1-11-7-14(17(4,5)6)8-12(2)16(11)15-10-19-9-13(3)18-15/h7-8,13,15,18H,9-10H2,1-6H3. The van der Waals surface area contributed by atoms with E-state index in [1.165, 1.54) is 22.3 Å². The monoisotopic (exact) mass is 261 g/mol. The number of rotatable bonds is 1. The molecule has 1 aromatic carbocycles. The average Bonchev–Trinajstić information content (AvgIpc) is 2.26. The van der Waals surface area contributed by atoms with Gasteiger partial charge in [0.15, 0.2) is 0 Å². The molecule has 2 heteroatoms. The predicted molar refractivity (Wildman–Crippen MR) is 80.8 cm³/mol. The molecule has 19 heavy (non-hydrogen) atoms. The molecular weight excluding hydrogens is 234 g/mol. The molecule has 2 nitrogen and oxygen atoms in total. The summed E-state index contributed by atoms with van der Waals surface area (Å²) in [6.45, 7) is 15.0. The zero-order valence-corrected chi connectivity index (χ0v) is 13.1. The molecule has 0 radical (unpaired) electrons. The third-order valence-electron chi connectivity index (χ3n) is 3.95. The van der Waals surface area contributed by atoms with E-state index in [0.717, 1.165) is 13.2 Å².